The number of carbonyl (C=O) groups is 2. The second-order valence-electron chi connectivity index (χ2n) is 11.2. The molecule has 1 aliphatic heterocycles. The van der Waals surface area contributed by atoms with Gasteiger partial charge < -0.3 is 40.4 Å². The number of phenolic OH excluding ortho intramolecular Hbond substituents is 2. The van der Waals surface area contributed by atoms with Crippen LogP contribution in [0.1, 0.15) is 45.1 Å². The van der Waals surface area contributed by atoms with Gasteiger partial charge in [0.15, 0.2) is 12.2 Å². The van der Waals surface area contributed by atoms with E-state index in [0.29, 0.717) is 5.92 Å². The maximum Gasteiger partial charge on any atom is 0.335 e. The van der Waals surface area contributed by atoms with Gasteiger partial charge in [-0.1, -0.05) is 75.2 Å². The summed E-state index contributed by atoms with van der Waals surface area (Å²) in [5.41, 5.74) is 3.61. The highest BCUT2D eigenvalue weighted by atomic mass is 32.2. The molecule has 45 heavy (non-hydrogen) atoms. The summed E-state index contributed by atoms with van der Waals surface area (Å²) in [4.78, 5) is 27.0. The molecule has 0 spiro atoms. The summed E-state index contributed by atoms with van der Waals surface area (Å²) in [6, 6.07) is 22.2. The number of para-hydroxylation sites is 2. The maximum atomic E-state index is 9.77. The average Bonchev–Trinajstić information content (AvgIpc) is 2.99. The monoisotopic (exact) mass is 642 g/mol. The molecule has 0 amide bonds. The van der Waals surface area contributed by atoms with Crippen molar-refractivity contribution in [1.29, 1.82) is 0 Å². The van der Waals surface area contributed by atoms with Crippen molar-refractivity contribution in [2.24, 2.45) is 5.92 Å². The molecule has 3 atom stereocenters. The van der Waals surface area contributed by atoms with Crippen LogP contribution < -0.4 is 4.90 Å². The average molecular weight is 643 g/mol. The van der Waals surface area contributed by atoms with E-state index in [-0.39, 0.29) is 11.5 Å². The summed E-state index contributed by atoms with van der Waals surface area (Å²) in [6.07, 6.45) is 1.14. The Labute approximate surface area is 269 Å². The summed E-state index contributed by atoms with van der Waals surface area (Å²) in [6.45, 7) is 6.66. The van der Waals surface area contributed by atoms with E-state index in [0.717, 1.165) is 31.5 Å². The van der Waals surface area contributed by atoms with Crippen LogP contribution in [0.4, 0.5) is 11.4 Å². The topological polar surface area (TPSA) is 162 Å². The zero-order valence-electron chi connectivity index (χ0n) is 26.3. The summed E-state index contributed by atoms with van der Waals surface area (Å²) in [5, 5.41) is 51.1. The summed E-state index contributed by atoms with van der Waals surface area (Å²) < 4.78 is 0. The largest absolute Gasteiger partial charge is 0.508 e. The summed E-state index contributed by atoms with van der Waals surface area (Å²) >= 11 is 1.88. The number of fused-ring (bicyclic) bond motifs is 2. The van der Waals surface area contributed by atoms with Crippen LogP contribution in [0, 0.1) is 5.92 Å². The molecular formula is C34H46N2O8S. The fourth-order valence-corrected chi connectivity index (χ4v) is 5.84. The lowest BCUT2D eigenvalue weighted by molar-refractivity contribution is -0.165. The van der Waals surface area contributed by atoms with Crippen molar-refractivity contribution < 1.29 is 40.2 Å². The lowest BCUT2D eigenvalue weighted by atomic mass is 10.1. The second kappa shape index (κ2) is 18.9. The number of aliphatic hydroxyl groups excluding tert-OH is 2. The first-order valence-electron chi connectivity index (χ1n) is 15.0. The van der Waals surface area contributed by atoms with Crippen molar-refractivity contribution in [3.63, 3.8) is 0 Å². The van der Waals surface area contributed by atoms with Crippen molar-refractivity contribution in [2.75, 3.05) is 32.1 Å². The van der Waals surface area contributed by atoms with Gasteiger partial charge in [-0.3, -0.25) is 0 Å². The third-order valence-electron chi connectivity index (χ3n) is 6.88. The molecule has 1 aliphatic rings. The highest BCUT2D eigenvalue weighted by Crippen LogP contribution is 2.48. The second-order valence-corrected chi connectivity index (χ2v) is 12.3. The highest BCUT2D eigenvalue weighted by Gasteiger charge is 2.29. The number of aliphatic carboxylic acids is 2. The fraction of sp³-hybridized carbons (Fsp3) is 0.412. The van der Waals surface area contributed by atoms with Gasteiger partial charge in [-0.15, -0.1) is 0 Å². The van der Waals surface area contributed by atoms with Crippen molar-refractivity contribution in [3.05, 3.63) is 72.3 Å². The highest BCUT2D eigenvalue weighted by molar-refractivity contribution is 7.99. The molecule has 0 radical (unpaired) electrons. The fourth-order valence-electron chi connectivity index (χ4n) is 4.75. The lowest BCUT2D eigenvalue weighted by Crippen LogP contribution is -2.39. The van der Waals surface area contributed by atoms with E-state index < -0.39 is 24.1 Å². The zero-order chi connectivity index (χ0) is 33.5. The number of aryl methyl sites for hydroxylation is 1. The zero-order valence-corrected chi connectivity index (χ0v) is 27.2. The van der Waals surface area contributed by atoms with Crippen molar-refractivity contribution >= 4 is 35.1 Å². The molecule has 0 aromatic heterocycles. The number of benzene rings is 3. The van der Waals surface area contributed by atoms with Gasteiger partial charge in [0, 0.05) is 28.9 Å². The number of hydrogen-bond donors (Lipinski definition) is 6. The van der Waals surface area contributed by atoms with E-state index in [1.807, 2.05) is 11.8 Å². The molecule has 0 saturated carbocycles. The van der Waals surface area contributed by atoms with Crippen LogP contribution >= 0.6 is 11.8 Å². The van der Waals surface area contributed by atoms with Crippen LogP contribution in [-0.2, 0) is 16.0 Å². The molecule has 6 N–H and O–H groups in total. The van der Waals surface area contributed by atoms with Gasteiger partial charge >= 0.3 is 11.9 Å². The lowest BCUT2D eigenvalue weighted by Gasteiger charge is -2.35. The molecule has 0 aliphatic carbocycles. The number of hydrogen-bond acceptors (Lipinski definition) is 9. The Kier molecular flexibility index (Phi) is 15.7. The van der Waals surface area contributed by atoms with Gasteiger partial charge in [0.25, 0.3) is 0 Å². The molecule has 11 heteroatoms. The number of aliphatic hydroxyl groups is 2. The van der Waals surface area contributed by atoms with Gasteiger partial charge in [-0.05, 0) is 68.8 Å². The molecule has 0 saturated heterocycles. The Morgan fingerprint density at radius 1 is 0.822 bits per heavy atom. The van der Waals surface area contributed by atoms with Crippen LogP contribution in [0.2, 0.25) is 0 Å². The van der Waals surface area contributed by atoms with Crippen molar-refractivity contribution in [2.45, 2.75) is 68.0 Å². The number of nitrogens with zero attached hydrogens (tertiary/aromatic N) is 2. The van der Waals surface area contributed by atoms with E-state index in [1.165, 1.54) is 46.5 Å². The minimum atomic E-state index is -2.27. The van der Waals surface area contributed by atoms with Crippen LogP contribution in [0.3, 0.4) is 0 Å². The number of rotatable bonds is 12. The molecule has 3 aromatic carbocycles. The van der Waals surface area contributed by atoms with Crippen LogP contribution in [-0.4, -0.2) is 86.9 Å². The standard InChI is InChI=1S/C18H22N2S.C12H18O2.C4H6O6/c1-14(12-19(2)3)13-20-15-8-4-6-10-17(15)21-18-11-7-5-9-16(18)20;1-2-3-4-5-6-10-7-8-11(13)9-12(10)14;5-1(3(7)8)2(6)4(9)10/h4-11,14H,12-13H2,1-3H3;7-9,13-14H,2-6H2,1H3;1-2,5-6H,(H,7,8)(H,9,10). The molecule has 3 unspecified atom stereocenters. The summed E-state index contributed by atoms with van der Waals surface area (Å²) in [5.74, 6) is -2.59. The van der Waals surface area contributed by atoms with E-state index in [1.54, 1.807) is 12.1 Å². The number of aromatic hydroxyl groups is 2. The normalized spacial score (nSPS) is 13.6. The third kappa shape index (κ3) is 12.3. The third-order valence-corrected chi connectivity index (χ3v) is 8.01. The van der Waals surface area contributed by atoms with E-state index >= 15 is 0 Å². The molecule has 0 bridgehead atoms. The van der Waals surface area contributed by atoms with Gasteiger partial charge in [-0.25, -0.2) is 9.59 Å². The predicted molar refractivity (Wildman–Crippen MR) is 177 cm³/mol. The molecular weight excluding hydrogens is 596 g/mol. The van der Waals surface area contributed by atoms with Crippen molar-refractivity contribution in [3.8, 4) is 11.5 Å². The van der Waals surface area contributed by atoms with Gasteiger partial charge in [-0.2, -0.15) is 0 Å². The molecule has 1 heterocycles. The molecule has 246 valence electrons. The molecule has 3 aromatic rings. The minimum absolute atomic E-state index is 0.125. The maximum absolute atomic E-state index is 9.77. The van der Waals surface area contributed by atoms with Crippen LogP contribution in [0.15, 0.2) is 76.5 Å². The predicted octanol–water partition coefficient (Wildman–Crippen LogP) is 5.59. The Morgan fingerprint density at radius 3 is 1.82 bits per heavy atom. The SMILES string of the molecule is CC(CN(C)C)CN1c2ccccc2Sc2ccccc21.CCCCCCc1ccc(O)cc1O.O=C(O)C(O)C(O)C(=O)O. The number of carboxylic acids is 2. The molecule has 4 rings (SSSR count). The Bertz CT molecular complexity index is 1310. The smallest absolute Gasteiger partial charge is 0.335 e. The number of anilines is 2. The number of carboxylic acid groups (broad SMARTS) is 2. The Balaban J connectivity index is 0.000000256. The molecule has 10 nitrogen and oxygen atoms in total. The first-order chi connectivity index (χ1) is 21.3. The van der Waals surface area contributed by atoms with Gasteiger partial charge in [0.05, 0.1) is 11.4 Å². The van der Waals surface area contributed by atoms with Crippen LogP contribution in [0.25, 0.3) is 0 Å². The number of unbranched alkanes of at least 4 members (excludes halogenated alkanes) is 3. The first-order valence-corrected chi connectivity index (χ1v) is 15.8. The van der Waals surface area contributed by atoms with Gasteiger partial charge in [0.2, 0.25) is 0 Å². The minimum Gasteiger partial charge on any atom is -0.508 e. The number of phenols is 2. The van der Waals surface area contributed by atoms with Crippen molar-refractivity contribution in [1.82, 2.24) is 4.90 Å². The van der Waals surface area contributed by atoms with E-state index in [2.05, 4.69) is 86.3 Å². The molecule has 0 fully saturated rings. The Morgan fingerprint density at radius 2 is 1.36 bits per heavy atom. The summed E-state index contributed by atoms with van der Waals surface area (Å²) in [7, 11) is 4.29. The first kappa shape index (κ1) is 37.4. The Hall–Kier alpha value is -3.77. The van der Waals surface area contributed by atoms with E-state index in [4.69, 9.17) is 25.5 Å². The quantitative estimate of drug-likeness (QED) is 0.137. The van der Waals surface area contributed by atoms with Crippen LogP contribution in [0.5, 0.6) is 11.5 Å². The van der Waals surface area contributed by atoms with E-state index in [9.17, 15) is 14.7 Å². The van der Waals surface area contributed by atoms with Gasteiger partial charge in [0.1, 0.15) is 11.5 Å².